The Morgan fingerprint density at radius 2 is 1.24 bits per heavy atom. The summed E-state index contributed by atoms with van der Waals surface area (Å²) in [6, 6.07) is 0. The molecular weight excluding hydrogens is 352 g/mol. The first-order valence-corrected chi connectivity index (χ1v) is 13.1. The molecule has 1 N–H and O–H groups in total. The van der Waals surface area contributed by atoms with E-state index in [-0.39, 0.29) is 0 Å². The number of H-pyrrole nitrogens is 1. The van der Waals surface area contributed by atoms with Crippen LogP contribution in [-0.4, -0.2) is 9.97 Å². The Morgan fingerprint density at radius 1 is 0.724 bits per heavy atom. The Bertz CT molecular complexity index is 547. The first kappa shape index (κ1) is 24.5. The summed E-state index contributed by atoms with van der Waals surface area (Å²) in [7, 11) is 0. The molecule has 0 amide bonds. The standard InChI is InChI=1S/C27H50N2/c1-6-8-10-12-14-16-24-18-21(3)26-23(5)28-27(29-26)22(4)19-25(20-24)17-15-13-11-9-7-2/h21-22,24-25H,6-20H2,1-5H3,(H,28,29). The molecule has 2 rings (SSSR count). The summed E-state index contributed by atoms with van der Waals surface area (Å²) < 4.78 is 0. The normalized spacial score (nSPS) is 25.3. The maximum Gasteiger partial charge on any atom is 0.109 e. The zero-order valence-corrected chi connectivity index (χ0v) is 20.4. The van der Waals surface area contributed by atoms with Crippen LogP contribution in [-0.2, 0) is 0 Å². The number of fused-ring (bicyclic) bond motifs is 2. The van der Waals surface area contributed by atoms with E-state index >= 15 is 0 Å². The van der Waals surface area contributed by atoms with E-state index in [9.17, 15) is 0 Å². The van der Waals surface area contributed by atoms with Crippen LogP contribution >= 0.6 is 0 Å². The first-order valence-electron chi connectivity index (χ1n) is 13.1. The first-order chi connectivity index (χ1) is 14.0. The second-order valence-electron chi connectivity index (χ2n) is 10.3. The average molecular weight is 403 g/mol. The highest BCUT2D eigenvalue weighted by Crippen LogP contribution is 2.38. The van der Waals surface area contributed by atoms with E-state index in [1.807, 2.05) is 0 Å². The number of aromatic nitrogens is 2. The number of nitrogens with zero attached hydrogens (tertiary/aromatic N) is 1. The van der Waals surface area contributed by atoms with E-state index in [1.54, 1.807) is 0 Å². The van der Waals surface area contributed by atoms with Crippen LogP contribution < -0.4 is 0 Å². The molecule has 29 heavy (non-hydrogen) atoms. The number of unbranched alkanes of at least 4 members (excludes halogenated alkanes) is 8. The van der Waals surface area contributed by atoms with Crippen molar-refractivity contribution in [1.82, 2.24) is 9.97 Å². The molecule has 4 unspecified atom stereocenters. The number of nitrogens with one attached hydrogen (secondary N) is 1. The number of aromatic amines is 1. The van der Waals surface area contributed by atoms with Gasteiger partial charge in [-0.15, -0.1) is 0 Å². The van der Waals surface area contributed by atoms with Crippen LogP contribution in [0.3, 0.4) is 0 Å². The van der Waals surface area contributed by atoms with Crippen molar-refractivity contribution in [2.45, 2.75) is 143 Å². The molecule has 0 aliphatic carbocycles. The van der Waals surface area contributed by atoms with E-state index in [4.69, 9.17) is 4.98 Å². The Hall–Kier alpha value is -0.790. The third kappa shape index (κ3) is 8.46. The fourth-order valence-electron chi connectivity index (χ4n) is 5.64. The second-order valence-corrected chi connectivity index (χ2v) is 10.3. The lowest BCUT2D eigenvalue weighted by Gasteiger charge is -2.28. The van der Waals surface area contributed by atoms with Crippen molar-refractivity contribution in [2.24, 2.45) is 11.8 Å². The van der Waals surface area contributed by atoms with E-state index < -0.39 is 0 Å². The van der Waals surface area contributed by atoms with Gasteiger partial charge < -0.3 is 4.98 Å². The van der Waals surface area contributed by atoms with Gasteiger partial charge in [0.1, 0.15) is 5.82 Å². The van der Waals surface area contributed by atoms with E-state index in [0.717, 1.165) is 11.8 Å². The van der Waals surface area contributed by atoms with Gasteiger partial charge in [-0.3, -0.25) is 0 Å². The highest BCUT2D eigenvalue weighted by Gasteiger charge is 2.26. The van der Waals surface area contributed by atoms with Gasteiger partial charge in [0, 0.05) is 17.5 Å². The van der Waals surface area contributed by atoms with Gasteiger partial charge in [-0.05, 0) is 38.0 Å². The maximum atomic E-state index is 5.09. The van der Waals surface area contributed by atoms with Crippen LogP contribution in [0.15, 0.2) is 0 Å². The Balaban J connectivity index is 2.02. The summed E-state index contributed by atoms with van der Waals surface area (Å²) in [6.07, 6.45) is 21.1. The molecule has 0 aromatic carbocycles. The second kappa shape index (κ2) is 13.5. The molecule has 2 bridgehead atoms. The van der Waals surface area contributed by atoms with Crippen molar-refractivity contribution in [3.05, 3.63) is 17.2 Å². The molecule has 0 spiro atoms. The smallest absolute Gasteiger partial charge is 0.109 e. The van der Waals surface area contributed by atoms with E-state index in [2.05, 4.69) is 39.6 Å². The van der Waals surface area contributed by atoms with Crippen molar-refractivity contribution in [3.63, 3.8) is 0 Å². The van der Waals surface area contributed by atoms with Gasteiger partial charge in [0.05, 0.1) is 5.69 Å². The minimum Gasteiger partial charge on any atom is -0.346 e. The largest absolute Gasteiger partial charge is 0.346 e. The molecule has 168 valence electrons. The van der Waals surface area contributed by atoms with E-state index in [1.165, 1.54) is 114 Å². The number of hydrogen-bond donors (Lipinski definition) is 1. The number of aryl methyl sites for hydroxylation is 1. The van der Waals surface area contributed by atoms with Gasteiger partial charge in [0.25, 0.3) is 0 Å². The zero-order valence-electron chi connectivity index (χ0n) is 20.4. The molecule has 4 atom stereocenters. The van der Waals surface area contributed by atoms with Crippen molar-refractivity contribution < 1.29 is 0 Å². The molecule has 2 heterocycles. The topological polar surface area (TPSA) is 28.7 Å². The summed E-state index contributed by atoms with van der Waals surface area (Å²) in [5.74, 6) is 4.18. The molecule has 0 fully saturated rings. The molecule has 1 aromatic heterocycles. The predicted molar refractivity (Wildman–Crippen MR) is 128 cm³/mol. The third-order valence-corrected chi connectivity index (χ3v) is 7.35. The van der Waals surface area contributed by atoms with Gasteiger partial charge in [-0.1, -0.05) is 105 Å². The molecule has 0 radical (unpaired) electrons. The van der Waals surface area contributed by atoms with Gasteiger partial charge >= 0.3 is 0 Å². The Labute approximate surface area is 182 Å². The molecule has 2 nitrogen and oxygen atoms in total. The fourth-order valence-corrected chi connectivity index (χ4v) is 5.64. The number of imidazole rings is 1. The number of hydrogen-bond acceptors (Lipinski definition) is 1. The van der Waals surface area contributed by atoms with E-state index in [0.29, 0.717) is 11.8 Å². The van der Waals surface area contributed by atoms with Crippen LogP contribution in [0.2, 0.25) is 0 Å². The molecule has 1 aliphatic rings. The maximum absolute atomic E-state index is 5.09. The minimum absolute atomic E-state index is 0.568. The lowest BCUT2D eigenvalue weighted by Crippen LogP contribution is -2.16. The lowest BCUT2D eigenvalue weighted by atomic mass is 9.78. The monoisotopic (exact) mass is 402 g/mol. The SMILES string of the molecule is CCCCCCCC1CC(CCCCCCC)CC(C)c2nc([nH]c2C)C(C)C1. The minimum atomic E-state index is 0.568. The Morgan fingerprint density at radius 3 is 1.79 bits per heavy atom. The van der Waals surface area contributed by atoms with Gasteiger partial charge in [0.15, 0.2) is 0 Å². The Kier molecular flexibility index (Phi) is 11.4. The van der Waals surface area contributed by atoms with Crippen molar-refractivity contribution in [1.29, 1.82) is 0 Å². The van der Waals surface area contributed by atoms with Crippen LogP contribution in [0.1, 0.15) is 153 Å². The average Bonchev–Trinajstić information content (AvgIpc) is 3.08. The van der Waals surface area contributed by atoms with Crippen LogP contribution in [0.4, 0.5) is 0 Å². The molecule has 0 saturated carbocycles. The summed E-state index contributed by atoms with van der Waals surface area (Å²) >= 11 is 0. The van der Waals surface area contributed by atoms with Crippen LogP contribution in [0, 0.1) is 18.8 Å². The third-order valence-electron chi connectivity index (χ3n) is 7.35. The molecular formula is C27H50N2. The van der Waals surface area contributed by atoms with Crippen molar-refractivity contribution >= 4 is 0 Å². The van der Waals surface area contributed by atoms with Crippen LogP contribution in [0.25, 0.3) is 0 Å². The summed E-state index contributed by atoms with van der Waals surface area (Å²) in [5, 5.41) is 0. The highest BCUT2D eigenvalue weighted by molar-refractivity contribution is 5.19. The fraction of sp³-hybridized carbons (Fsp3) is 0.889. The lowest BCUT2D eigenvalue weighted by molar-refractivity contribution is 0.270. The molecule has 1 aromatic rings. The summed E-state index contributed by atoms with van der Waals surface area (Å²) in [4.78, 5) is 8.73. The van der Waals surface area contributed by atoms with Crippen molar-refractivity contribution in [2.75, 3.05) is 0 Å². The molecule has 0 saturated heterocycles. The number of rotatable bonds is 12. The quantitative estimate of drug-likeness (QED) is 0.347. The predicted octanol–water partition coefficient (Wildman–Crippen LogP) is 9.06. The molecule has 2 heteroatoms. The van der Waals surface area contributed by atoms with Gasteiger partial charge in [-0.25, -0.2) is 4.98 Å². The molecule has 1 aliphatic heterocycles. The summed E-state index contributed by atoms with van der Waals surface area (Å²) in [6.45, 7) is 11.7. The highest BCUT2D eigenvalue weighted by atomic mass is 14.9. The van der Waals surface area contributed by atoms with Gasteiger partial charge in [-0.2, -0.15) is 0 Å². The van der Waals surface area contributed by atoms with Gasteiger partial charge in [0.2, 0.25) is 0 Å². The van der Waals surface area contributed by atoms with Crippen LogP contribution in [0.5, 0.6) is 0 Å². The zero-order chi connectivity index (χ0) is 21.1. The van der Waals surface area contributed by atoms with Crippen molar-refractivity contribution in [3.8, 4) is 0 Å². The summed E-state index contributed by atoms with van der Waals surface area (Å²) in [5.41, 5.74) is 2.67.